The van der Waals surface area contributed by atoms with Crippen molar-refractivity contribution in [2.45, 2.75) is 32.0 Å². The van der Waals surface area contributed by atoms with Crippen molar-refractivity contribution in [2.75, 3.05) is 29.9 Å². The molecular weight excluding hydrogens is 330 g/mol. The molecule has 7 heteroatoms. The third kappa shape index (κ3) is 3.62. The van der Waals surface area contributed by atoms with Gasteiger partial charge in [0, 0.05) is 37.1 Å². The number of hydrogen-bond acceptors (Lipinski definition) is 5. The second-order valence-corrected chi connectivity index (χ2v) is 6.67. The van der Waals surface area contributed by atoms with Crippen LogP contribution >= 0.6 is 0 Å². The Labute approximate surface area is 152 Å². The average molecular weight is 353 g/mol. The zero-order valence-electron chi connectivity index (χ0n) is 14.8. The Bertz CT molecular complexity index is 768. The molecule has 2 unspecified atom stereocenters. The van der Waals surface area contributed by atoms with Gasteiger partial charge in [-0.1, -0.05) is 12.1 Å². The van der Waals surface area contributed by atoms with E-state index in [0.29, 0.717) is 18.8 Å². The lowest BCUT2D eigenvalue weighted by atomic mass is 10.1. The molecule has 2 atom stereocenters. The van der Waals surface area contributed by atoms with Crippen LogP contribution in [0.15, 0.2) is 36.5 Å². The maximum absolute atomic E-state index is 11.6. The Balaban J connectivity index is 1.48. The molecule has 136 valence electrons. The highest BCUT2D eigenvalue weighted by Crippen LogP contribution is 2.29. The maximum Gasteiger partial charge on any atom is 0.319 e. The number of morpholine rings is 1. The fourth-order valence-electron chi connectivity index (χ4n) is 3.50. The van der Waals surface area contributed by atoms with E-state index in [2.05, 4.69) is 20.5 Å². The predicted octanol–water partition coefficient (Wildman–Crippen LogP) is 2.65. The highest BCUT2D eigenvalue weighted by atomic mass is 16.5. The van der Waals surface area contributed by atoms with Gasteiger partial charge in [0.15, 0.2) is 0 Å². The molecule has 2 fully saturated rings. The second-order valence-electron chi connectivity index (χ2n) is 6.67. The van der Waals surface area contributed by atoms with E-state index in [1.54, 1.807) is 6.20 Å². The third-order valence-corrected chi connectivity index (χ3v) is 4.75. The van der Waals surface area contributed by atoms with Crippen molar-refractivity contribution >= 4 is 17.7 Å². The van der Waals surface area contributed by atoms with Crippen molar-refractivity contribution in [1.82, 2.24) is 15.3 Å². The number of carbonyl (C=O) groups excluding carboxylic acids is 1. The van der Waals surface area contributed by atoms with Gasteiger partial charge in [0.1, 0.15) is 0 Å². The van der Waals surface area contributed by atoms with E-state index in [1.807, 2.05) is 37.3 Å². The lowest BCUT2D eigenvalue weighted by Gasteiger charge is -2.32. The van der Waals surface area contributed by atoms with Gasteiger partial charge in [0.2, 0.25) is 5.95 Å². The van der Waals surface area contributed by atoms with E-state index in [-0.39, 0.29) is 6.03 Å². The van der Waals surface area contributed by atoms with Crippen LogP contribution in [0.3, 0.4) is 0 Å². The van der Waals surface area contributed by atoms with Crippen LogP contribution in [0.2, 0.25) is 0 Å². The molecule has 2 aliphatic rings. The van der Waals surface area contributed by atoms with E-state index in [0.717, 1.165) is 48.8 Å². The first-order valence-electron chi connectivity index (χ1n) is 9.10. The van der Waals surface area contributed by atoms with Gasteiger partial charge in [-0.25, -0.2) is 14.8 Å². The van der Waals surface area contributed by atoms with Crippen molar-refractivity contribution in [2.24, 2.45) is 0 Å². The Morgan fingerprint density at radius 3 is 2.62 bits per heavy atom. The molecule has 2 amide bonds. The Hall–Kier alpha value is -2.67. The van der Waals surface area contributed by atoms with Gasteiger partial charge in [-0.15, -0.1) is 0 Å². The van der Waals surface area contributed by atoms with Crippen LogP contribution < -0.4 is 15.5 Å². The molecule has 0 spiro atoms. The van der Waals surface area contributed by atoms with Gasteiger partial charge < -0.3 is 20.3 Å². The fraction of sp³-hybridized carbons (Fsp3) is 0.421. The number of hydrogen-bond donors (Lipinski definition) is 2. The van der Waals surface area contributed by atoms with Crippen LogP contribution in [-0.4, -0.2) is 47.8 Å². The molecule has 2 aromatic rings. The summed E-state index contributed by atoms with van der Waals surface area (Å²) in [4.78, 5) is 23.0. The highest BCUT2D eigenvalue weighted by Gasteiger charge is 2.34. The number of anilines is 2. The van der Waals surface area contributed by atoms with Crippen LogP contribution in [0.5, 0.6) is 0 Å². The Kier molecular flexibility index (Phi) is 4.71. The van der Waals surface area contributed by atoms with Gasteiger partial charge >= 0.3 is 6.03 Å². The van der Waals surface area contributed by atoms with E-state index < -0.39 is 0 Å². The molecular formula is C19H23N5O2. The summed E-state index contributed by atoms with van der Waals surface area (Å²) in [7, 11) is 0. The summed E-state index contributed by atoms with van der Waals surface area (Å²) in [5.41, 5.74) is 2.61. The van der Waals surface area contributed by atoms with Gasteiger partial charge in [-0.2, -0.15) is 0 Å². The summed E-state index contributed by atoms with van der Waals surface area (Å²) >= 11 is 0. The number of aromatic nitrogens is 2. The number of fused-ring (bicyclic) bond motifs is 2. The number of nitrogens with zero attached hydrogens (tertiary/aromatic N) is 3. The standard InChI is InChI=1S/C19H23N5O2/c1-2-20-19(25)22-14-5-3-13(4-6-14)17-9-10-21-18(23-17)24-11-15-7-8-16(12-24)26-15/h3-6,9-10,15-16H,2,7-8,11-12H2,1H3,(H2,20,22,25). The quantitative estimate of drug-likeness (QED) is 0.883. The lowest BCUT2D eigenvalue weighted by Crippen LogP contribution is -2.43. The number of amides is 2. The molecule has 1 aromatic heterocycles. The van der Waals surface area contributed by atoms with E-state index >= 15 is 0 Å². The minimum absolute atomic E-state index is 0.202. The number of ether oxygens (including phenoxy) is 1. The molecule has 0 saturated carbocycles. The van der Waals surface area contributed by atoms with Gasteiger partial charge in [-0.05, 0) is 38.0 Å². The van der Waals surface area contributed by atoms with Crippen LogP contribution in [0.1, 0.15) is 19.8 Å². The second kappa shape index (κ2) is 7.29. The van der Waals surface area contributed by atoms with Crippen LogP contribution in [-0.2, 0) is 4.74 Å². The minimum Gasteiger partial charge on any atom is -0.371 e. The topological polar surface area (TPSA) is 79.4 Å². The normalized spacial score (nSPS) is 21.5. The molecule has 0 aliphatic carbocycles. The first kappa shape index (κ1) is 16.8. The van der Waals surface area contributed by atoms with Crippen molar-refractivity contribution in [3.8, 4) is 11.3 Å². The Morgan fingerprint density at radius 2 is 1.92 bits per heavy atom. The molecule has 1 aromatic carbocycles. The predicted molar refractivity (Wildman–Crippen MR) is 100 cm³/mol. The number of rotatable bonds is 4. The van der Waals surface area contributed by atoms with Crippen molar-refractivity contribution in [1.29, 1.82) is 0 Å². The average Bonchev–Trinajstić information content (AvgIpc) is 3.00. The monoisotopic (exact) mass is 353 g/mol. The van der Waals surface area contributed by atoms with E-state index in [4.69, 9.17) is 9.72 Å². The third-order valence-electron chi connectivity index (χ3n) is 4.75. The molecule has 26 heavy (non-hydrogen) atoms. The lowest BCUT2D eigenvalue weighted by molar-refractivity contribution is 0.0299. The van der Waals surface area contributed by atoms with Gasteiger partial charge in [-0.3, -0.25) is 0 Å². The van der Waals surface area contributed by atoms with E-state index in [1.165, 1.54) is 0 Å². The van der Waals surface area contributed by atoms with Crippen LogP contribution in [0, 0.1) is 0 Å². The number of benzene rings is 1. The summed E-state index contributed by atoms with van der Waals surface area (Å²) in [6.45, 7) is 4.19. The number of urea groups is 1. The van der Waals surface area contributed by atoms with Crippen molar-refractivity contribution in [3.05, 3.63) is 36.5 Å². The van der Waals surface area contributed by atoms with Crippen LogP contribution in [0.4, 0.5) is 16.4 Å². The Morgan fingerprint density at radius 1 is 1.19 bits per heavy atom. The molecule has 3 heterocycles. The fourth-order valence-corrected chi connectivity index (χ4v) is 3.50. The van der Waals surface area contributed by atoms with E-state index in [9.17, 15) is 4.79 Å². The largest absolute Gasteiger partial charge is 0.371 e. The zero-order valence-corrected chi connectivity index (χ0v) is 14.8. The number of carbonyl (C=O) groups is 1. The summed E-state index contributed by atoms with van der Waals surface area (Å²) in [6.07, 6.45) is 4.67. The number of nitrogens with one attached hydrogen (secondary N) is 2. The summed E-state index contributed by atoms with van der Waals surface area (Å²) in [6, 6.07) is 9.37. The molecule has 7 nitrogen and oxygen atoms in total. The summed E-state index contributed by atoms with van der Waals surface area (Å²) < 4.78 is 5.89. The highest BCUT2D eigenvalue weighted by molar-refractivity contribution is 5.89. The molecule has 0 radical (unpaired) electrons. The molecule has 2 saturated heterocycles. The first-order valence-corrected chi connectivity index (χ1v) is 9.10. The summed E-state index contributed by atoms with van der Waals surface area (Å²) in [5.74, 6) is 0.757. The van der Waals surface area contributed by atoms with Crippen LogP contribution in [0.25, 0.3) is 11.3 Å². The van der Waals surface area contributed by atoms with Crippen molar-refractivity contribution < 1.29 is 9.53 Å². The van der Waals surface area contributed by atoms with Gasteiger partial charge in [0.25, 0.3) is 0 Å². The smallest absolute Gasteiger partial charge is 0.319 e. The molecule has 2 bridgehead atoms. The SMILES string of the molecule is CCNC(=O)Nc1ccc(-c2ccnc(N3CC4CCC(C3)O4)n2)cc1. The molecule has 2 N–H and O–H groups in total. The molecule has 2 aliphatic heterocycles. The minimum atomic E-state index is -0.202. The maximum atomic E-state index is 11.6. The summed E-state index contributed by atoms with van der Waals surface area (Å²) in [5, 5.41) is 5.51. The zero-order chi connectivity index (χ0) is 17.9. The first-order chi connectivity index (χ1) is 12.7. The molecule has 4 rings (SSSR count). The van der Waals surface area contributed by atoms with Crippen molar-refractivity contribution in [3.63, 3.8) is 0 Å². The van der Waals surface area contributed by atoms with Gasteiger partial charge in [0.05, 0.1) is 17.9 Å².